The van der Waals surface area contributed by atoms with Crippen molar-refractivity contribution >= 4 is 17.7 Å². The van der Waals surface area contributed by atoms with Crippen molar-refractivity contribution in [2.75, 3.05) is 0 Å². The summed E-state index contributed by atoms with van der Waals surface area (Å²) in [5.41, 5.74) is 1.97. The van der Waals surface area contributed by atoms with E-state index in [0.29, 0.717) is 16.3 Å². The third-order valence-electron chi connectivity index (χ3n) is 3.65. The van der Waals surface area contributed by atoms with Gasteiger partial charge in [-0.25, -0.2) is 4.98 Å². The number of amides is 1. The molecule has 9 heteroatoms. The van der Waals surface area contributed by atoms with Crippen molar-refractivity contribution < 1.29 is 22.8 Å². The third-order valence-corrected chi connectivity index (χ3v) is 4.69. The molecule has 28 heavy (non-hydrogen) atoms. The van der Waals surface area contributed by atoms with Gasteiger partial charge in [0, 0.05) is 24.6 Å². The van der Waals surface area contributed by atoms with Crippen molar-refractivity contribution in [2.45, 2.75) is 30.9 Å². The Morgan fingerprint density at radius 1 is 1.29 bits per heavy atom. The Hall–Kier alpha value is -2.94. The zero-order valence-electron chi connectivity index (χ0n) is 14.9. The molecule has 0 aliphatic rings. The molecule has 3 aromatic rings. The van der Waals surface area contributed by atoms with E-state index >= 15 is 0 Å². The minimum atomic E-state index is -2.87. The van der Waals surface area contributed by atoms with Gasteiger partial charge in [-0.3, -0.25) is 4.79 Å². The number of halogens is 2. The summed E-state index contributed by atoms with van der Waals surface area (Å²) in [5, 5.41) is 7.31. The van der Waals surface area contributed by atoms with Gasteiger partial charge in [0.1, 0.15) is 16.5 Å². The first-order valence-electron chi connectivity index (χ1n) is 8.33. The number of thioether (sulfide) groups is 1. The van der Waals surface area contributed by atoms with E-state index in [9.17, 15) is 13.6 Å². The lowest BCUT2D eigenvalue weighted by Gasteiger charge is -2.09. The highest BCUT2D eigenvalue weighted by atomic mass is 32.2. The Balaban J connectivity index is 1.59. The first-order chi connectivity index (χ1) is 13.5. The first-order valence-corrected chi connectivity index (χ1v) is 9.32. The van der Waals surface area contributed by atoms with Crippen molar-refractivity contribution in [2.24, 2.45) is 0 Å². The lowest BCUT2D eigenvalue weighted by molar-refractivity contribution is -0.0498. The van der Waals surface area contributed by atoms with Gasteiger partial charge < -0.3 is 14.6 Å². The number of aromatic nitrogens is 2. The van der Waals surface area contributed by atoms with Crippen LogP contribution in [0.15, 0.2) is 58.2 Å². The molecular weight excluding hydrogens is 388 g/mol. The summed E-state index contributed by atoms with van der Waals surface area (Å²) < 4.78 is 33.7. The zero-order valence-corrected chi connectivity index (χ0v) is 15.7. The van der Waals surface area contributed by atoms with Crippen molar-refractivity contribution in [1.82, 2.24) is 15.5 Å². The van der Waals surface area contributed by atoms with Crippen LogP contribution in [0, 0.1) is 6.92 Å². The number of pyridine rings is 1. The predicted octanol–water partition coefficient (Wildman–Crippen LogP) is 4.20. The SMILES string of the molecule is Cc1cc(CSc2ncccc2C(=O)NCc2ccc(OC(F)F)cc2)no1. The van der Waals surface area contributed by atoms with Crippen LogP contribution >= 0.6 is 11.8 Å². The Morgan fingerprint density at radius 3 is 2.75 bits per heavy atom. The molecule has 0 saturated heterocycles. The normalized spacial score (nSPS) is 10.9. The van der Waals surface area contributed by atoms with Crippen LogP contribution in [0.4, 0.5) is 8.78 Å². The standard InChI is InChI=1S/C19H17F2N3O3S/c1-12-9-14(24-27-12)11-28-18-16(3-2-8-22-18)17(25)23-10-13-4-6-15(7-5-13)26-19(20)21/h2-9,19H,10-11H2,1H3,(H,23,25). The maximum Gasteiger partial charge on any atom is 0.387 e. The van der Waals surface area contributed by atoms with E-state index in [1.165, 1.54) is 23.9 Å². The number of nitrogens with zero attached hydrogens (tertiary/aromatic N) is 2. The fourth-order valence-corrected chi connectivity index (χ4v) is 3.25. The molecule has 0 saturated carbocycles. The average Bonchev–Trinajstić information content (AvgIpc) is 3.10. The van der Waals surface area contributed by atoms with Crippen molar-refractivity contribution in [1.29, 1.82) is 0 Å². The average molecular weight is 405 g/mol. The summed E-state index contributed by atoms with van der Waals surface area (Å²) in [6.07, 6.45) is 1.62. The molecule has 0 atom stereocenters. The van der Waals surface area contributed by atoms with Gasteiger partial charge in [-0.2, -0.15) is 8.78 Å². The number of hydrogen-bond acceptors (Lipinski definition) is 6. The van der Waals surface area contributed by atoms with Gasteiger partial charge in [-0.05, 0) is 36.8 Å². The van der Waals surface area contributed by atoms with Gasteiger partial charge in [-0.15, -0.1) is 0 Å². The lowest BCUT2D eigenvalue weighted by atomic mass is 10.2. The molecule has 1 aromatic carbocycles. The molecule has 0 aliphatic heterocycles. The van der Waals surface area contributed by atoms with Crippen LogP contribution in [0.2, 0.25) is 0 Å². The summed E-state index contributed by atoms with van der Waals surface area (Å²) in [6, 6.07) is 11.3. The Morgan fingerprint density at radius 2 is 2.07 bits per heavy atom. The molecule has 1 N–H and O–H groups in total. The molecule has 0 unspecified atom stereocenters. The van der Waals surface area contributed by atoms with Crippen LogP contribution in [-0.2, 0) is 12.3 Å². The Kier molecular flexibility index (Phi) is 6.59. The molecule has 2 heterocycles. The maximum absolute atomic E-state index is 12.5. The van der Waals surface area contributed by atoms with E-state index in [1.807, 2.05) is 13.0 Å². The van der Waals surface area contributed by atoms with E-state index in [-0.39, 0.29) is 18.2 Å². The molecule has 1 amide bonds. The third kappa shape index (κ3) is 5.53. The molecule has 146 valence electrons. The number of carbonyl (C=O) groups excluding carboxylic acids is 1. The molecular formula is C19H17F2N3O3S. The van der Waals surface area contributed by atoms with Crippen molar-refractivity contribution in [3.05, 3.63) is 71.2 Å². The van der Waals surface area contributed by atoms with E-state index in [0.717, 1.165) is 17.0 Å². The molecule has 0 bridgehead atoms. The van der Waals surface area contributed by atoms with Crippen LogP contribution in [0.5, 0.6) is 5.75 Å². The molecule has 3 rings (SSSR count). The van der Waals surface area contributed by atoms with Gasteiger partial charge in [0.15, 0.2) is 0 Å². The van der Waals surface area contributed by atoms with E-state index in [1.54, 1.807) is 30.5 Å². The number of rotatable bonds is 8. The van der Waals surface area contributed by atoms with Gasteiger partial charge in [0.2, 0.25) is 0 Å². The van der Waals surface area contributed by atoms with Gasteiger partial charge in [-0.1, -0.05) is 29.1 Å². The highest BCUT2D eigenvalue weighted by Gasteiger charge is 2.14. The second-order valence-electron chi connectivity index (χ2n) is 5.78. The van der Waals surface area contributed by atoms with Crippen LogP contribution in [0.25, 0.3) is 0 Å². The van der Waals surface area contributed by atoms with Gasteiger partial charge in [0.05, 0.1) is 11.3 Å². The van der Waals surface area contributed by atoms with E-state index in [2.05, 4.69) is 20.2 Å². The number of benzene rings is 1. The molecule has 0 radical (unpaired) electrons. The predicted molar refractivity (Wildman–Crippen MR) is 99.3 cm³/mol. The van der Waals surface area contributed by atoms with Crippen LogP contribution in [0.3, 0.4) is 0 Å². The number of nitrogens with one attached hydrogen (secondary N) is 1. The fraction of sp³-hybridized carbons (Fsp3) is 0.211. The zero-order chi connectivity index (χ0) is 19.9. The van der Waals surface area contributed by atoms with Gasteiger partial charge in [0.25, 0.3) is 5.91 Å². The number of aryl methyl sites for hydroxylation is 1. The highest BCUT2D eigenvalue weighted by Crippen LogP contribution is 2.24. The summed E-state index contributed by atoms with van der Waals surface area (Å²) in [5.74, 6) is 1.04. The van der Waals surface area contributed by atoms with Gasteiger partial charge >= 0.3 is 6.61 Å². The number of ether oxygens (including phenoxy) is 1. The molecule has 0 fully saturated rings. The summed E-state index contributed by atoms with van der Waals surface area (Å²) in [6.45, 7) is -0.810. The van der Waals surface area contributed by atoms with E-state index < -0.39 is 6.61 Å². The smallest absolute Gasteiger partial charge is 0.387 e. The maximum atomic E-state index is 12.5. The number of carbonyl (C=O) groups is 1. The molecule has 0 aliphatic carbocycles. The van der Waals surface area contributed by atoms with Crippen LogP contribution in [-0.4, -0.2) is 22.7 Å². The second-order valence-corrected chi connectivity index (χ2v) is 6.74. The number of hydrogen-bond donors (Lipinski definition) is 1. The highest BCUT2D eigenvalue weighted by molar-refractivity contribution is 7.98. The van der Waals surface area contributed by atoms with E-state index in [4.69, 9.17) is 4.52 Å². The monoisotopic (exact) mass is 405 g/mol. The molecule has 6 nitrogen and oxygen atoms in total. The van der Waals surface area contributed by atoms with Crippen molar-refractivity contribution in [3.8, 4) is 5.75 Å². The van der Waals surface area contributed by atoms with Crippen molar-refractivity contribution in [3.63, 3.8) is 0 Å². The van der Waals surface area contributed by atoms with Crippen LogP contribution in [0.1, 0.15) is 27.4 Å². The lowest BCUT2D eigenvalue weighted by Crippen LogP contribution is -2.23. The largest absolute Gasteiger partial charge is 0.435 e. The Bertz CT molecular complexity index is 932. The summed E-state index contributed by atoms with van der Waals surface area (Å²) >= 11 is 1.39. The molecule has 2 aromatic heterocycles. The minimum Gasteiger partial charge on any atom is -0.435 e. The minimum absolute atomic E-state index is 0.0686. The molecule has 0 spiro atoms. The quantitative estimate of drug-likeness (QED) is 0.566. The van der Waals surface area contributed by atoms with Crippen LogP contribution < -0.4 is 10.1 Å². The first kappa shape index (κ1) is 19.8. The Labute approximate surface area is 164 Å². The second kappa shape index (κ2) is 9.32. The number of alkyl halides is 2. The topological polar surface area (TPSA) is 77.2 Å². The summed E-state index contributed by atoms with van der Waals surface area (Å²) in [7, 11) is 0. The fourth-order valence-electron chi connectivity index (χ4n) is 2.37. The summed E-state index contributed by atoms with van der Waals surface area (Å²) in [4.78, 5) is 16.8.